The smallest absolute Gasteiger partial charge is 0.254 e. The molecule has 0 spiro atoms. The van der Waals surface area contributed by atoms with Crippen LogP contribution in [0.25, 0.3) is 0 Å². The molecule has 6 heteroatoms. The van der Waals surface area contributed by atoms with E-state index in [0.29, 0.717) is 41.1 Å². The predicted molar refractivity (Wildman–Crippen MR) is 137 cm³/mol. The highest BCUT2D eigenvalue weighted by atomic mass is 19.1. The lowest BCUT2D eigenvalue weighted by Crippen LogP contribution is -2.37. The number of allylic oxidation sites excluding steroid dienone is 3. The number of ether oxygens (including phenoxy) is 1. The number of Topliss-reactive ketones (excluding diaryl/α,β-unsaturated/α-hetero) is 1. The molecule has 1 heterocycles. The second kappa shape index (κ2) is 9.82. The number of anilines is 1. The molecule has 0 aromatic heterocycles. The third-order valence-corrected chi connectivity index (χ3v) is 6.87. The predicted octanol–water partition coefficient (Wildman–Crippen LogP) is 5.83. The van der Waals surface area contributed by atoms with Crippen LogP contribution in [0.2, 0.25) is 0 Å². The fraction of sp³-hybridized carbons (Fsp3) is 0.200. The van der Waals surface area contributed by atoms with E-state index in [1.54, 1.807) is 7.11 Å². The van der Waals surface area contributed by atoms with Crippen LogP contribution < -0.4 is 15.4 Å². The minimum absolute atomic E-state index is 0.0185. The molecule has 0 saturated heterocycles. The van der Waals surface area contributed by atoms with Gasteiger partial charge in [-0.05, 0) is 66.8 Å². The summed E-state index contributed by atoms with van der Waals surface area (Å²) in [6.45, 7) is 1.85. The van der Waals surface area contributed by atoms with Crippen molar-refractivity contribution in [1.29, 1.82) is 0 Å². The number of hydrogen-bond donors (Lipinski definition) is 2. The Labute approximate surface area is 209 Å². The average molecular weight is 483 g/mol. The van der Waals surface area contributed by atoms with E-state index in [0.717, 1.165) is 16.8 Å². The molecule has 2 atom stereocenters. The summed E-state index contributed by atoms with van der Waals surface area (Å²) in [6, 6.07) is 23.1. The van der Waals surface area contributed by atoms with Crippen LogP contribution in [-0.2, 0) is 9.59 Å². The fourth-order valence-electron chi connectivity index (χ4n) is 5.19. The number of halogens is 1. The third kappa shape index (κ3) is 4.54. The summed E-state index contributed by atoms with van der Waals surface area (Å²) >= 11 is 0. The highest BCUT2D eigenvalue weighted by molar-refractivity contribution is 6.10. The Balaban J connectivity index is 1.57. The fourth-order valence-corrected chi connectivity index (χ4v) is 5.19. The molecule has 1 amide bonds. The van der Waals surface area contributed by atoms with Crippen molar-refractivity contribution < 1.29 is 18.7 Å². The van der Waals surface area contributed by atoms with E-state index in [-0.39, 0.29) is 23.4 Å². The Morgan fingerprint density at radius 1 is 0.972 bits per heavy atom. The van der Waals surface area contributed by atoms with Gasteiger partial charge < -0.3 is 15.4 Å². The van der Waals surface area contributed by atoms with Crippen LogP contribution >= 0.6 is 0 Å². The Kier molecular flexibility index (Phi) is 6.42. The standard InChI is InChI=1S/C30H27FN2O3/c1-18-27(30(35)33-23-13-11-22(31)12-14-23)28(20-9-6-10-24(15-20)36-2)29-25(32-18)16-21(17-26(29)34)19-7-4-3-5-8-19/h3-15,21,28,32H,16-17H2,1-2H3,(H,33,35)/t21-,28-/m0/s1. The maximum Gasteiger partial charge on any atom is 0.254 e. The molecule has 0 radical (unpaired) electrons. The molecule has 36 heavy (non-hydrogen) atoms. The monoisotopic (exact) mass is 482 g/mol. The van der Waals surface area contributed by atoms with Gasteiger partial charge in [-0.25, -0.2) is 4.39 Å². The topological polar surface area (TPSA) is 67.4 Å². The summed E-state index contributed by atoms with van der Waals surface area (Å²) < 4.78 is 18.8. The van der Waals surface area contributed by atoms with Crippen LogP contribution in [-0.4, -0.2) is 18.8 Å². The Hall–Kier alpha value is -4.19. The minimum atomic E-state index is -0.555. The second-order valence-electron chi connectivity index (χ2n) is 9.17. The molecule has 3 aromatic carbocycles. The molecule has 0 saturated carbocycles. The van der Waals surface area contributed by atoms with Crippen molar-refractivity contribution in [2.75, 3.05) is 12.4 Å². The van der Waals surface area contributed by atoms with Crippen molar-refractivity contribution in [3.8, 4) is 5.75 Å². The zero-order valence-corrected chi connectivity index (χ0v) is 20.2. The molecule has 1 aliphatic heterocycles. The summed E-state index contributed by atoms with van der Waals surface area (Å²) in [5, 5.41) is 6.26. The number of benzene rings is 3. The summed E-state index contributed by atoms with van der Waals surface area (Å²) in [7, 11) is 1.59. The number of amides is 1. The number of hydrogen-bond acceptors (Lipinski definition) is 4. The van der Waals surface area contributed by atoms with Crippen molar-refractivity contribution in [1.82, 2.24) is 5.32 Å². The molecule has 3 aromatic rings. The highest BCUT2D eigenvalue weighted by Gasteiger charge is 2.41. The Bertz CT molecular complexity index is 1380. The summed E-state index contributed by atoms with van der Waals surface area (Å²) in [6.07, 6.45) is 1.05. The maximum atomic E-state index is 13.7. The lowest BCUT2D eigenvalue weighted by Gasteiger charge is -2.37. The van der Waals surface area contributed by atoms with E-state index in [4.69, 9.17) is 4.74 Å². The van der Waals surface area contributed by atoms with Gasteiger partial charge in [0.1, 0.15) is 11.6 Å². The summed E-state index contributed by atoms with van der Waals surface area (Å²) in [5.41, 5.74) is 5.01. The van der Waals surface area contributed by atoms with Gasteiger partial charge >= 0.3 is 0 Å². The summed E-state index contributed by atoms with van der Waals surface area (Å²) in [5.74, 6) is -0.546. The van der Waals surface area contributed by atoms with Crippen LogP contribution in [0.3, 0.4) is 0 Å². The van der Waals surface area contributed by atoms with E-state index in [2.05, 4.69) is 22.8 Å². The average Bonchev–Trinajstić information content (AvgIpc) is 2.89. The molecule has 0 bridgehead atoms. The largest absolute Gasteiger partial charge is 0.497 e. The molecule has 5 rings (SSSR count). The molecule has 1 aliphatic carbocycles. The molecule has 2 aliphatic rings. The normalized spacial score (nSPS) is 19.5. The van der Waals surface area contributed by atoms with Gasteiger partial charge in [-0.15, -0.1) is 0 Å². The van der Waals surface area contributed by atoms with Gasteiger partial charge in [-0.3, -0.25) is 9.59 Å². The first-order chi connectivity index (χ1) is 17.4. The molecule has 5 nitrogen and oxygen atoms in total. The van der Waals surface area contributed by atoms with Gasteiger partial charge in [0.05, 0.1) is 7.11 Å². The number of carbonyl (C=O) groups is 2. The van der Waals surface area contributed by atoms with E-state index in [1.807, 2.05) is 49.4 Å². The third-order valence-electron chi connectivity index (χ3n) is 6.87. The Morgan fingerprint density at radius 3 is 2.42 bits per heavy atom. The first kappa shape index (κ1) is 23.5. The molecule has 0 fully saturated rings. The number of dihydropyridines is 1. The zero-order chi connectivity index (χ0) is 25.2. The Morgan fingerprint density at radius 2 is 1.69 bits per heavy atom. The lowest BCUT2D eigenvalue weighted by molar-refractivity contribution is -0.116. The van der Waals surface area contributed by atoms with Crippen molar-refractivity contribution in [3.63, 3.8) is 0 Å². The first-order valence-electron chi connectivity index (χ1n) is 11.9. The first-order valence-corrected chi connectivity index (χ1v) is 11.9. The van der Waals surface area contributed by atoms with E-state index >= 15 is 0 Å². The number of rotatable bonds is 5. The quantitative estimate of drug-likeness (QED) is 0.480. The van der Waals surface area contributed by atoms with Crippen molar-refractivity contribution in [3.05, 3.63) is 118 Å². The van der Waals surface area contributed by atoms with Gasteiger partial charge in [0.15, 0.2) is 5.78 Å². The van der Waals surface area contributed by atoms with Gasteiger partial charge in [0.25, 0.3) is 5.91 Å². The lowest BCUT2D eigenvalue weighted by atomic mass is 9.71. The number of nitrogens with one attached hydrogen (secondary N) is 2. The van der Waals surface area contributed by atoms with E-state index < -0.39 is 5.92 Å². The number of methoxy groups -OCH3 is 1. The van der Waals surface area contributed by atoms with Crippen LogP contribution in [0.1, 0.15) is 42.7 Å². The van der Waals surface area contributed by atoms with Crippen molar-refractivity contribution in [2.24, 2.45) is 0 Å². The van der Waals surface area contributed by atoms with Crippen LogP contribution in [0.4, 0.5) is 10.1 Å². The molecule has 0 unspecified atom stereocenters. The maximum absolute atomic E-state index is 13.7. The van der Waals surface area contributed by atoms with Gasteiger partial charge in [-0.2, -0.15) is 0 Å². The van der Waals surface area contributed by atoms with Crippen LogP contribution in [0.15, 0.2) is 101 Å². The van der Waals surface area contributed by atoms with E-state index in [9.17, 15) is 14.0 Å². The van der Waals surface area contributed by atoms with Crippen LogP contribution in [0.5, 0.6) is 5.75 Å². The molecular weight excluding hydrogens is 455 g/mol. The number of carbonyl (C=O) groups excluding carboxylic acids is 2. The molecule has 2 N–H and O–H groups in total. The van der Waals surface area contributed by atoms with Crippen molar-refractivity contribution in [2.45, 2.75) is 31.6 Å². The van der Waals surface area contributed by atoms with Gasteiger partial charge in [-0.1, -0.05) is 42.5 Å². The minimum Gasteiger partial charge on any atom is -0.497 e. The highest BCUT2D eigenvalue weighted by Crippen LogP contribution is 2.46. The van der Waals surface area contributed by atoms with Crippen LogP contribution in [0, 0.1) is 5.82 Å². The van der Waals surface area contributed by atoms with E-state index in [1.165, 1.54) is 24.3 Å². The van der Waals surface area contributed by atoms with Gasteiger partial charge in [0.2, 0.25) is 0 Å². The van der Waals surface area contributed by atoms with Gasteiger partial charge in [0, 0.05) is 40.6 Å². The molecular formula is C30H27FN2O3. The second-order valence-corrected chi connectivity index (χ2v) is 9.17. The summed E-state index contributed by atoms with van der Waals surface area (Å²) in [4.78, 5) is 27.3. The molecule has 182 valence electrons. The SMILES string of the molecule is COc1cccc([C@H]2C(C(=O)Nc3ccc(F)cc3)=C(C)NC3=C2C(=O)C[C@@H](c2ccccc2)C3)c1. The zero-order valence-electron chi connectivity index (χ0n) is 20.2. The number of ketones is 1. The van der Waals surface area contributed by atoms with Crippen molar-refractivity contribution >= 4 is 17.4 Å².